The second-order valence-electron chi connectivity index (χ2n) is 3.81. The molecule has 0 atom stereocenters. The summed E-state index contributed by atoms with van der Waals surface area (Å²) in [7, 11) is -3.60. The Bertz CT molecular complexity index is 625. The van der Waals surface area contributed by atoms with E-state index in [2.05, 4.69) is 32.5 Å². The van der Waals surface area contributed by atoms with Crippen LogP contribution in [-0.4, -0.2) is 20.9 Å². The van der Waals surface area contributed by atoms with Crippen LogP contribution in [0.1, 0.15) is 5.56 Å². The minimum absolute atomic E-state index is 0.125. The number of nitrogens with one attached hydrogen (secondary N) is 2. The average molecular weight is 331 g/mol. The monoisotopic (exact) mass is 330 g/mol. The third kappa shape index (κ3) is 2.47. The zero-order chi connectivity index (χ0) is 13.3. The van der Waals surface area contributed by atoms with Crippen molar-refractivity contribution in [3.05, 3.63) is 34.8 Å². The van der Waals surface area contributed by atoms with Crippen molar-refractivity contribution in [1.82, 2.24) is 4.72 Å². The van der Waals surface area contributed by atoms with E-state index >= 15 is 0 Å². The molecular formula is C11H11BrN2O3S. The Morgan fingerprint density at radius 1 is 1.50 bits per heavy atom. The quantitative estimate of drug-likeness (QED) is 0.819. The Labute approximate surface area is 113 Å². The van der Waals surface area contributed by atoms with Gasteiger partial charge in [0.25, 0.3) is 0 Å². The number of sulfonamides is 1. The van der Waals surface area contributed by atoms with E-state index in [0.717, 1.165) is 0 Å². The van der Waals surface area contributed by atoms with Crippen molar-refractivity contribution in [2.24, 2.45) is 0 Å². The fraction of sp³-hybridized carbons (Fsp3) is 0.182. The van der Waals surface area contributed by atoms with E-state index in [9.17, 15) is 13.2 Å². The van der Waals surface area contributed by atoms with Gasteiger partial charge in [-0.15, -0.1) is 6.58 Å². The Morgan fingerprint density at radius 3 is 2.89 bits per heavy atom. The highest BCUT2D eigenvalue weighted by Crippen LogP contribution is 2.32. The topological polar surface area (TPSA) is 75.3 Å². The van der Waals surface area contributed by atoms with Crippen LogP contribution in [0.2, 0.25) is 0 Å². The summed E-state index contributed by atoms with van der Waals surface area (Å²) >= 11 is 3.20. The summed E-state index contributed by atoms with van der Waals surface area (Å²) in [5.74, 6) is -0.134. The van der Waals surface area contributed by atoms with Crippen molar-refractivity contribution >= 4 is 37.5 Å². The molecule has 1 aliphatic heterocycles. The van der Waals surface area contributed by atoms with Crippen molar-refractivity contribution in [3.8, 4) is 0 Å². The highest BCUT2D eigenvalue weighted by atomic mass is 79.9. The Morgan fingerprint density at radius 2 is 2.22 bits per heavy atom. The number of amides is 1. The molecule has 0 saturated heterocycles. The van der Waals surface area contributed by atoms with Crippen LogP contribution in [0.4, 0.5) is 5.69 Å². The fourth-order valence-electron chi connectivity index (χ4n) is 1.68. The molecule has 0 aliphatic carbocycles. The van der Waals surface area contributed by atoms with Gasteiger partial charge >= 0.3 is 0 Å². The smallest absolute Gasteiger partial charge is 0.241 e. The maximum atomic E-state index is 12.0. The molecule has 18 heavy (non-hydrogen) atoms. The van der Waals surface area contributed by atoms with Crippen LogP contribution >= 0.6 is 15.9 Å². The average Bonchev–Trinajstić information content (AvgIpc) is 2.64. The van der Waals surface area contributed by atoms with Gasteiger partial charge in [0, 0.05) is 16.7 Å². The number of rotatable bonds is 4. The lowest BCUT2D eigenvalue weighted by atomic mass is 10.2. The number of anilines is 1. The number of hydrogen-bond donors (Lipinski definition) is 2. The molecule has 2 N–H and O–H groups in total. The molecule has 0 saturated carbocycles. The molecule has 7 heteroatoms. The van der Waals surface area contributed by atoms with Crippen LogP contribution < -0.4 is 10.0 Å². The van der Waals surface area contributed by atoms with Gasteiger partial charge in [-0.1, -0.05) is 6.08 Å². The molecule has 0 unspecified atom stereocenters. The van der Waals surface area contributed by atoms with Crippen LogP contribution in [0.5, 0.6) is 0 Å². The van der Waals surface area contributed by atoms with Gasteiger partial charge < -0.3 is 5.32 Å². The maximum Gasteiger partial charge on any atom is 0.241 e. The summed E-state index contributed by atoms with van der Waals surface area (Å²) in [5.41, 5.74) is 1.33. The van der Waals surface area contributed by atoms with Crippen LogP contribution in [-0.2, 0) is 21.2 Å². The van der Waals surface area contributed by atoms with E-state index in [-0.39, 0.29) is 23.8 Å². The maximum absolute atomic E-state index is 12.0. The van der Waals surface area contributed by atoms with Crippen LogP contribution in [0.15, 0.2) is 34.2 Å². The number of hydrogen-bond acceptors (Lipinski definition) is 3. The van der Waals surface area contributed by atoms with Crippen molar-refractivity contribution in [1.29, 1.82) is 0 Å². The zero-order valence-corrected chi connectivity index (χ0v) is 11.8. The molecule has 0 bridgehead atoms. The molecule has 0 spiro atoms. The molecular weight excluding hydrogens is 320 g/mol. The van der Waals surface area contributed by atoms with Crippen molar-refractivity contribution in [3.63, 3.8) is 0 Å². The van der Waals surface area contributed by atoms with Gasteiger partial charge in [0.15, 0.2) is 0 Å². The molecule has 0 fully saturated rings. The summed E-state index contributed by atoms with van der Waals surface area (Å²) in [5, 5.41) is 2.66. The van der Waals surface area contributed by atoms with Crippen LogP contribution in [0.3, 0.4) is 0 Å². The van der Waals surface area contributed by atoms with Gasteiger partial charge in [0.05, 0.1) is 11.3 Å². The molecule has 1 heterocycles. The molecule has 2 rings (SSSR count). The predicted molar refractivity (Wildman–Crippen MR) is 71.9 cm³/mol. The van der Waals surface area contributed by atoms with E-state index in [0.29, 0.717) is 15.7 Å². The van der Waals surface area contributed by atoms with Gasteiger partial charge in [-0.3, -0.25) is 4.79 Å². The lowest BCUT2D eigenvalue weighted by molar-refractivity contribution is -0.115. The second-order valence-corrected chi connectivity index (χ2v) is 6.40. The number of benzene rings is 1. The van der Waals surface area contributed by atoms with Gasteiger partial charge in [-0.2, -0.15) is 0 Å². The highest BCUT2D eigenvalue weighted by Gasteiger charge is 2.24. The van der Waals surface area contributed by atoms with E-state index < -0.39 is 10.0 Å². The van der Waals surface area contributed by atoms with Gasteiger partial charge in [-0.05, 0) is 33.6 Å². The molecule has 1 aliphatic rings. The van der Waals surface area contributed by atoms with E-state index in [1.165, 1.54) is 12.1 Å². The minimum atomic E-state index is -3.60. The summed E-state index contributed by atoms with van der Waals surface area (Å²) in [6.45, 7) is 3.61. The van der Waals surface area contributed by atoms with Crippen LogP contribution in [0.25, 0.3) is 0 Å². The van der Waals surface area contributed by atoms with Crippen molar-refractivity contribution < 1.29 is 13.2 Å². The fourth-order valence-corrected chi connectivity index (χ4v) is 3.77. The minimum Gasteiger partial charge on any atom is -0.325 e. The van der Waals surface area contributed by atoms with E-state index in [1.807, 2.05) is 0 Å². The first-order chi connectivity index (χ1) is 8.44. The van der Waals surface area contributed by atoms with Crippen molar-refractivity contribution in [2.45, 2.75) is 11.3 Å². The van der Waals surface area contributed by atoms with Crippen LogP contribution in [0, 0.1) is 0 Å². The second kappa shape index (κ2) is 4.83. The molecule has 0 aromatic heterocycles. The largest absolute Gasteiger partial charge is 0.325 e. The summed E-state index contributed by atoms with van der Waals surface area (Å²) in [6.07, 6.45) is 1.66. The standard InChI is InChI=1S/C11H11BrN2O3S/c1-2-3-13-18(16,17)10-4-7-5-11(15)14-9(7)6-8(10)12/h2,4,6,13H,1,3,5H2,(H,14,15). The van der Waals surface area contributed by atoms with E-state index in [1.54, 1.807) is 6.07 Å². The third-order valence-electron chi connectivity index (χ3n) is 2.49. The summed E-state index contributed by atoms with van der Waals surface area (Å²) < 4.78 is 26.8. The molecule has 5 nitrogen and oxygen atoms in total. The first kappa shape index (κ1) is 13.3. The molecule has 96 valence electrons. The molecule has 0 radical (unpaired) electrons. The molecule has 1 amide bonds. The predicted octanol–water partition coefficient (Wildman–Crippen LogP) is 1.41. The number of carbonyl (C=O) groups excluding carboxylic acids is 1. The normalized spacial score (nSPS) is 14.2. The highest BCUT2D eigenvalue weighted by molar-refractivity contribution is 9.10. The first-order valence-corrected chi connectivity index (χ1v) is 7.44. The van der Waals surface area contributed by atoms with Gasteiger partial charge in [-0.25, -0.2) is 13.1 Å². The Hall–Kier alpha value is -1.18. The van der Waals surface area contributed by atoms with E-state index in [4.69, 9.17) is 0 Å². The lowest BCUT2D eigenvalue weighted by Gasteiger charge is -2.09. The molecule has 1 aromatic rings. The van der Waals surface area contributed by atoms with Gasteiger partial charge in [0.1, 0.15) is 0 Å². The summed E-state index contributed by atoms with van der Waals surface area (Å²) in [4.78, 5) is 11.4. The SMILES string of the molecule is C=CCNS(=O)(=O)c1cc2c(cc1Br)NC(=O)C2. The Kier molecular flexibility index (Phi) is 3.56. The zero-order valence-electron chi connectivity index (χ0n) is 9.36. The van der Waals surface area contributed by atoms with Gasteiger partial charge in [0.2, 0.25) is 15.9 Å². The van der Waals surface area contributed by atoms with Crippen molar-refractivity contribution in [2.75, 3.05) is 11.9 Å². The lowest BCUT2D eigenvalue weighted by Crippen LogP contribution is -2.24. The third-order valence-corrected chi connectivity index (χ3v) is 4.87. The summed E-state index contributed by atoms with van der Waals surface area (Å²) in [6, 6.07) is 3.10. The Balaban J connectivity index is 2.44. The number of halogens is 1. The number of fused-ring (bicyclic) bond motifs is 1. The first-order valence-electron chi connectivity index (χ1n) is 5.17. The number of carbonyl (C=O) groups is 1. The molecule has 1 aromatic carbocycles.